The Morgan fingerprint density at radius 1 is 1.29 bits per heavy atom. The first-order valence-corrected chi connectivity index (χ1v) is 5.44. The summed E-state index contributed by atoms with van der Waals surface area (Å²) in [6.07, 6.45) is 2.05. The Bertz CT molecular complexity index is 263. The van der Waals surface area contributed by atoms with Gasteiger partial charge in [-0.1, -0.05) is 34.1 Å². The summed E-state index contributed by atoms with van der Waals surface area (Å²) in [5.41, 5.74) is 1.33. The molecule has 1 rings (SSSR count). The fourth-order valence-corrected chi connectivity index (χ4v) is 1.69. The molecular weight excluding hydrogens is 244 g/mol. The number of ether oxygens (including phenoxy) is 2. The highest BCUT2D eigenvalue weighted by molar-refractivity contribution is 9.10. The molecule has 0 aliphatic rings. The number of rotatable bonds is 6. The van der Waals surface area contributed by atoms with Crippen LogP contribution in [0.5, 0.6) is 0 Å². The number of aryl methyl sites for hydroxylation is 1. The highest BCUT2D eigenvalue weighted by Gasteiger charge is 1.97. The zero-order valence-corrected chi connectivity index (χ0v) is 9.92. The standard InChI is InChI=1S/C11H15BrO2/c1-13-9-14-8-4-6-10-5-2-3-7-11(10)12/h2-3,5,7H,4,6,8-9H2,1H3. The molecule has 0 amide bonds. The Kier molecular flexibility index (Phi) is 5.83. The van der Waals surface area contributed by atoms with Gasteiger partial charge in [-0.05, 0) is 24.5 Å². The molecule has 0 bridgehead atoms. The van der Waals surface area contributed by atoms with Gasteiger partial charge < -0.3 is 9.47 Å². The molecule has 0 saturated carbocycles. The lowest BCUT2D eigenvalue weighted by atomic mass is 10.1. The predicted octanol–water partition coefficient (Wildman–Crippen LogP) is 3.00. The van der Waals surface area contributed by atoms with Gasteiger partial charge in [0.05, 0.1) is 0 Å². The molecule has 0 aromatic heterocycles. The average Bonchev–Trinajstić information content (AvgIpc) is 2.20. The normalized spacial score (nSPS) is 10.4. The molecule has 2 nitrogen and oxygen atoms in total. The van der Waals surface area contributed by atoms with Gasteiger partial charge in [-0.15, -0.1) is 0 Å². The SMILES string of the molecule is COCOCCCc1ccccc1Br. The first-order valence-electron chi connectivity index (χ1n) is 4.64. The molecule has 0 unspecified atom stereocenters. The van der Waals surface area contributed by atoms with Crippen molar-refractivity contribution in [3.05, 3.63) is 34.3 Å². The van der Waals surface area contributed by atoms with E-state index in [2.05, 4.69) is 34.1 Å². The van der Waals surface area contributed by atoms with Crippen LogP contribution in [-0.4, -0.2) is 20.5 Å². The average molecular weight is 259 g/mol. The van der Waals surface area contributed by atoms with Crippen molar-refractivity contribution in [1.82, 2.24) is 0 Å². The molecule has 0 radical (unpaired) electrons. The molecule has 1 aromatic carbocycles. The second-order valence-corrected chi connectivity index (χ2v) is 3.86. The maximum absolute atomic E-state index is 5.21. The third kappa shape index (κ3) is 4.22. The van der Waals surface area contributed by atoms with E-state index in [0.717, 1.165) is 19.4 Å². The van der Waals surface area contributed by atoms with E-state index in [1.165, 1.54) is 10.0 Å². The molecular formula is C11H15BrO2. The highest BCUT2D eigenvalue weighted by Crippen LogP contribution is 2.17. The summed E-state index contributed by atoms with van der Waals surface area (Å²) in [6, 6.07) is 8.26. The van der Waals surface area contributed by atoms with Gasteiger partial charge in [0.15, 0.2) is 0 Å². The van der Waals surface area contributed by atoms with Crippen LogP contribution in [-0.2, 0) is 15.9 Å². The summed E-state index contributed by atoms with van der Waals surface area (Å²) < 4.78 is 11.2. The largest absolute Gasteiger partial charge is 0.359 e. The lowest BCUT2D eigenvalue weighted by molar-refractivity contribution is -0.0310. The topological polar surface area (TPSA) is 18.5 Å². The van der Waals surface area contributed by atoms with Crippen molar-refractivity contribution < 1.29 is 9.47 Å². The van der Waals surface area contributed by atoms with E-state index in [9.17, 15) is 0 Å². The monoisotopic (exact) mass is 258 g/mol. The Labute approximate surface area is 93.4 Å². The Morgan fingerprint density at radius 3 is 2.79 bits per heavy atom. The van der Waals surface area contributed by atoms with E-state index in [-0.39, 0.29) is 0 Å². The number of benzene rings is 1. The van der Waals surface area contributed by atoms with E-state index in [4.69, 9.17) is 9.47 Å². The zero-order chi connectivity index (χ0) is 10.2. The number of methoxy groups -OCH3 is 1. The quantitative estimate of drug-likeness (QED) is 0.577. The first kappa shape index (κ1) is 11.7. The van der Waals surface area contributed by atoms with Gasteiger partial charge in [-0.25, -0.2) is 0 Å². The molecule has 0 aliphatic heterocycles. The molecule has 0 spiro atoms. The van der Waals surface area contributed by atoms with E-state index >= 15 is 0 Å². The molecule has 0 fully saturated rings. The van der Waals surface area contributed by atoms with Gasteiger partial charge in [0, 0.05) is 18.2 Å². The van der Waals surface area contributed by atoms with Crippen molar-refractivity contribution >= 4 is 15.9 Å². The van der Waals surface area contributed by atoms with Gasteiger partial charge in [0.1, 0.15) is 6.79 Å². The lowest BCUT2D eigenvalue weighted by Crippen LogP contribution is -2.00. The smallest absolute Gasteiger partial charge is 0.146 e. The molecule has 3 heteroatoms. The number of halogens is 1. The van der Waals surface area contributed by atoms with Crippen LogP contribution >= 0.6 is 15.9 Å². The van der Waals surface area contributed by atoms with Crippen LogP contribution in [0, 0.1) is 0 Å². The van der Waals surface area contributed by atoms with Crippen LogP contribution in [0.3, 0.4) is 0 Å². The Balaban J connectivity index is 2.21. The first-order chi connectivity index (χ1) is 6.84. The molecule has 14 heavy (non-hydrogen) atoms. The maximum atomic E-state index is 5.21. The van der Waals surface area contributed by atoms with E-state index < -0.39 is 0 Å². The maximum Gasteiger partial charge on any atom is 0.146 e. The van der Waals surface area contributed by atoms with Crippen LogP contribution < -0.4 is 0 Å². The van der Waals surface area contributed by atoms with Gasteiger partial charge >= 0.3 is 0 Å². The molecule has 1 aromatic rings. The fourth-order valence-electron chi connectivity index (χ4n) is 1.21. The van der Waals surface area contributed by atoms with Gasteiger partial charge in [0.2, 0.25) is 0 Å². The highest BCUT2D eigenvalue weighted by atomic mass is 79.9. The van der Waals surface area contributed by atoms with Gasteiger partial charge in [-0.3, -0.25) is 0 Å². The van der Waals surface area contributed by atoms with Crippen LogP contribution in [0.1, 0.15) is 12.0 Å². The van der Waals surface area contributed by atoms with Crippen LogP contribution in [0.25, 0.3) is 0 Å². The van der Waals surface area contributed by atoms with Crippen LogP contribution in [0.4, 0.5) is 0 Å². The third-order valence-corrected chi connectivity index (χ3v) is 2.67. The van der Waals surface area contributed by atoms with Crippen LogP contribution in [0.2, 0.25) is 0 Å². The summed E-state index contributed by atoms with van der Waals surface area (Å²) >= 11 is 3.51. The number of hydrogen-bond acceptors (Lipinski definition) is 2. The summed E-state index contributed by atoms with van der Waals surface area (Å²) in [5.74, 6) is 0. The minimum atomic E-state index is 0.385. The molecule has 0 atom stereocenters. The second-order valence-electron chi connectivity index (χ2n) is 3.01. The van der Waals surface area contributed by atoms with Crippen molar-refractivity contribution in [3.63, 3.8) is 0 Å². The summed E-state index contributed by atoms with van der Waals surface area (Å²) in [5, 5.41) is 0. The van der Waals surface area contributed by atoms with Crippen molar-refractivity contribution in [3.8, 4) is 0 Å². The number of hydrogen-bond donors (Lipinski definition) is 0. The van der Waals surface area contributed by atoms with Crippen molar-refractivity contribution in [2.75, 3.05) is 20.5 Å². The fraction of sp³-hybridized carbons (Fsp3) is 0.455. The Hall–Kier alpha value is -0.380. The molecule has 0 N–H and O–H groups in total. The van der Waals surface area contributed by atoms with Gasteiger partial charge in [-0.2, -0.15) is 0 Å². The van der Waals surface area contributed by atoms with E-state index in [0.29, 0.717) is 6.79 Å². The molecule has 0 aliphatic carbocycles. The minimum Gasteiger partial charge on any atom is -0.359 e. The lowest BCUT2D eigenvalue weighted by Gasteiger charge is -2.04. The van der Waals surface area contributed by atoms with Gasteiger partial charge in [0.25, 0.3) is 0 Å². The third-order valence-electron chi connectivity index (χ3n) is 1.89. The summed E-state index contributed by atoms with van der Waals surface area (Å²) in [4.78, 5) is 0. The predicted molar refractivity (Wildman–Crippen MR) is 60.3 cm³/mol. The molecule has 78 valence electrons. The van der Waals surface area contributed by atoms with Crippen molar-refractivity contribution in [1.29, 1.82) is 0 Å². The van der Waals surface area contributed by atoms with E-state index in [1.807, 2.05) is 6.07 Å². The Morgan fingerprint density at radius 2 is 2.07 bits per heavy atom. The zero-order valence-electron chi connectivity index (χ0n) is 8.33. The molecule has 0 heterocycles. The van der Waals surface area contributed by atoms with Crippen molar-refractivity contribution in [2.45, 2.75) is 12.8 Å². The summed E-state index contributed by atoms with van der Waals surface area (Å²) in [6.45, 7) is 1.13. The molecule has 0 saturated heterocycles. The summed E-state index contributed by atoms with van der Waals surface area (Å²) in [7, 11) is 1.63. The van der Waals surface area contributed by atoms with Crippen LogP contribution in [0.15, 0.2) is 28.7 Å². The second kappa shape index (κ2) is 6.98. The van der Waals surface area contributed by atoms with E-state index in [1.54, 1.807) is 7.11 Å². The van der Waals surface area contributed by atoms with Crippen molar-refractivity contribution in [2.24, 2.45) is 0 Å². The minimum absolute atomic E-state index is 0.385.